The minimum Gasteiger partial charge on any atom is -0.392 e. The van der Waals surface area contributed by atoms with Crippen LogP contribution in [0.5, 0.6) is 0 Å². The standard InChI is InChI=1S/C13H27NO/c1-10(2)11-7-14(8-11)9-12(15)6-13(3,4)5/h10-12,15H,6-9H2,1-5H3. The molecule has 0 spiro atoms. The molecule has 2 heteroatoms. The molecule has 90 valence electrons. The molecule has 0 saturated carbocycles. The molecular weight excluding hydrogens is 186 g/mol. The molecule has 1 aliphatic heterocycles. The predicted octanol–water partition coefficient (Wildman–Crippen LogP) is 2.37. The van der Waals surface area contributed by atoms with Gasteiger partial charge in [0.25, 0.3) is 0 Å². The smallest absolute Gasteiger partial charge is 0.0672 e. The van der Waals surface area contributed by atoms with Crippen molar-refractivity contribution in [2.75, 3.05) is 19.6 Å². The molecule has 0 aromatic rings. The minimum atomic E-state index is -0.155. The molecule has 1 aliphatic rings. The van der Waals surface area contributed by atoms with Crippen LogP contribution in [0.4, 0.5) is 0 Å². The summed E-state index contributed by atoms with van der Waals surface area (Å²) >= 11 is 0. The van der Waals surface area contributed by atoms with Crippen molar-refractivity contribution in [3.63, 3.8) is 0 Å². The third-order valence-electron chi connectivity index (χ3n) is 3.25. The van der Waals surface area contributed by atoms with Crippen LogP contribution in [0.2, 0.25) is 0 Å². The van der Waals surface area contributed by atoms with E-state index in [0.29, 0.717) is 0 Å². The molecule has 1 N–H and O–H groups in total. The lowest BCUT2D eigenvalue weighted by atomic mass is 9.86. The normalized spacial score (nSPS) is 21.8. The molecule has 15 heavy (non-hydrogen) atoms. The van der Waals surface area contributed by atoms with Gasteiger partial charge in [0.2, 0.25) is 0 Å². The number of aliphatic hydroxyl groups is 1. The Morgan fingerprint density at radius 3 is 2.20 bits per heavy atom. The summed E-state index contributed by atoms with van der Waals surface area (Å²) in [5.41, 5.74) is 0.238. The van der Waals surface area contributed by atoms with E-state index in [2.05, 4.69) is 39.5 Å². The summed E-state index contributed by atoms with van der Waals surface area (Å²) in [6.45, 7) is 14.3. The van der Waals surface area contributed by atoms with Gasteiger partial charge in [-0.15, -0.1) is 0 Å². The Morgan fingerprint density at radius 1 is 1.27 bits per heavy atom. The van der Waals surface area contributed by atoms with Crippen LogP contribution in [0.1, 0.15) is 41.0 Å². The summed E-state index contributed by atoms with van der Waals surface area (Å²) in [5, 5.41) is 9.90. The first-order valence-corrected chi connectivity index (χ1v) is 6.18. The SMILES string of the molecule is CC(C)C1CN(CC(O)CC(C)(C)C)C1. The first kappa shape index (κ1) is 13.0. The van der Waals surface area contributed by atoms with Crippen molar-refractivity contribution in [2.45, 2.75) is 47.1 Å². The Morgan fingerprint density at radius 2 is 1.80 bits per heavy atom. The maximum Gasteiger partial charge on any atom is 0.0672 e. The lowest BCUT2D eigenvalue weighted by Crippen LogP contribution is -2.51. The lowest BCUT2D eigenvalue weighted by molar-refractivity contribution is 0.00919. The van der Waals surface area contributed by atoms with Gasteiger partial charge in [0.1, 0.15) is 0 Å². The van der Waals surface area contributed by atoms with Crippen LogP contribution >= 0.6 is 0 Å². The van der Waals surface area contributed by atoms with Gasteiger partial charge in [-0.05, 0) is 23.7 Å². The monoisotopic (exact) mass is 213 g/mol. The van der Waals surface area contributed by atoms with Gasteiger partial charge < -0.3 is 10.0 Å². The van der Waals surface area contributed by atoms with Crippen molar-refractivity contribution in [3.8, 4) is 0 Å². The van der Waals surface area contributed by atoms with Gasteiger partial charge in [-0.1, -0.05) is 34.6 Å². The Bertz CT molecular complexity index is 189. The fraction of sp³-hybridized carbons (Fsp3) is 1.00. The third kappa shape index (κ3) is 4.52. The van der Waals surface area contributed by atoms with Crippen molar-refractivity contribution in [2.24, 2.45) is 17.3 Å². The van der Waals surface area contributed by atoms with Crippen molar-refractivity contribution in [1.29, 1.82) is 0 Å². The molecule has 1 atom stereocenters. The molecule has 1 heterocycles. The second-order valence-corrected chi connectivity index (χ2v) is 6.64. The molecule has 0 bridgehead atoms. The summed E-state index contributed by atoms with van der Waals surface area (Å²) in [7, 11) is 0. The second kappa shape index (κ2) is 4.84. The number of likely N-dealkylation sites (tertiary alicyclic amines) is 1. The molecule has 0 amide bonds. The van der Waals surface area contributed by atoms with Crippen molar-refractivity contribution in [3.05, 3.63) is 0 Å². The average Bonchev–Trinajstić information content (AvgIpc) is 1.91. The van der Waals surface area contributed by atoms with E-state index in [1.54, 1.807) is 0 Å². The topological polar surface area (TPSA) is 23.5 Å². The zero-order valence-corrected chi connectivity index (χ0v) is 11.0. The van der Waals surface area contributed by atoms with E-state index in [9.17, 15) is 5.11 Å². The lowest BCUT2D eigenvalue weighted by Gasteiger charge is -2.43. The number of hydrogen-bond acceptors (Lipinski definition) is 2. The maximum atomic E-state index is 9.90. The van der Waals surface area contributed by atoms with E-state index in [1.165, 1.54) is 13.1 Å². The van der Waals surface area contributed by atoms with Crippen LogP contribution in [0, 0.1) is 17.3 Å². The molecular formula is C13H27NO. The highest BCUT2D eigenvalue weighted by Crippen LogP contribution is 2.26. The Balaban J connectivity index is 2.16. The van der Waals surface area contributed by atoms with Gasteiger partial charge in [-0.2, -0.15) is 0 Å². The molecule has 1 fully saturated rings. The maximum absolute atomic E-state index is 9.90. The number of aliphatic hydroxyl groups excluding tert-OH is 1. The summed E-state index contributed by atoms with van der Waals surface area (Å²) in [5.74, 6) is 1.65. The molecule has 1 rings (SSSR count). The number of nitrogens with zero attached hydrogens (tertiary/aromatic N) is 1. The van der Waals surface area contributed by atoms with Crippen molar-refractivity contribution in [1.82, 2.24) is 4.90 Å². The van der Waals surface area contributed by atoms with Crippen LogP contribution in [0.15, 0.2) is 0 Å². The molecule has 0 aromatic carbocycles. The van der Waals surface area contributed by atoms with Gasteiger partial charge in [0.15, 0.2) is 0 Å². The fourth-order valence-electron chi connectivity index (χ4n) is 2.25. The average molecular weight is 213 g/mol. The number of hydrogen-bond donors (Lipinski definition) is 1. The third-order valence-corrected chi connectivity index (χ3v) is 3.25. The van der Waals surface area contributed by atoms with E-state index in [1.807, 2.05) is 0 Å². The van der Waals surface area contributed by atoms with Gasteiger partial charge in [-0.25, -0.2) is 0 Å². The van der Waals surface area contributed by atoms with Crippen LogP contribution in [-0.4, -0.2) is 35.7 Å². The predicted molar refractivity (Wildman–Crippen MR) is 64.8 cm³/mol. The van der Waals surface area contributed by atoms with Crippen LogP contribution in [0.3, 0.4) is 0 Å². The minimum absolute atomic E-state index is 0.155. The Kier molecular flexibility index (Phi) is 4.19. The van der Waals surface area contributed by atoms with Crippen LogP contribution in [-0.2, 0) is 0 Å². The van der Waals surface area contributed by atoms with E-state index >= 15 is 0 Å². The molecule has 2 nitrogen and oxygen atoms in total. The first-order chi connectivity index (χ1) is 6.78. The summed E-state index contributed by atoms with van der Waals surface area (Å²) in [4.78, 5) is 2.38. The van der Waals surface area contributed by atoms with E-state index in [4.69, 9.17) is 0 Å². The van der Waals surface area contributed by atoms with Crippen LogP contribution in [0.25, 0.3) is 0 Å². The second-order valence-electron chi connectivity index (χ2n) is 6.64. The molecule has 0 radical (unpaired) electrons. The molecule has 1 saturated heterocycles. The van der Waals surface area contributed by atoms with E-state index < -0.39 is 0 Å². The fourth-order valence-corrected chi connectivity index (χ4v) is 2.25. The number of β-amino-alcohol motifs (C(OH)–C–C–N with tert-alkyl or cyclic N) is 1. The van der Waals surface area contributed by atoms with E-state index in [-0.39, 0.29) is 11.5 Å². The van der Waals surface area contributed by atoms with Gasteiger partial charge in [0, 0.05) is 19.6 Å². The van der Waals surface area contributed by atoms with Crippen molar-refractivity contribution >= 4 is 0 Å². The van der Waals surface area contributed by atoms with Gasteiger partial charge in [-0.3, -0.25) is 0 Å². The van der Waals surface area contributed by atoms with Crippen molar-refractivity contribution < 1.29 is 5.11 Å². The number of rotatable bonds is 4. The highest BCUT2D eigenvalue weighted by Gasteiger charge is 2.30. The van der Waals surface area contributed by atoms with E-state index in [0.717, 1.165) is 24.8 Å². The zero-order chi connectivity index (χ0) is 11.6. The van der Waals surface area contributed by atoms with Crippen LogP contribution < -0.4 is 0 Å². The molecule has 0 aliphatic carbocycles. The largest absolute Gasteiger partial charge is 0.392 e. The Labute approximate surface area is 94.7 Å². The highest BCUT2D eigenvalue weighted by atomic mass is 16.3. The first-order valence-electron chi connectivity index (χ1n) is 6.18. The summed E-state index contributed by atoms with van der Waals surface area (Å²) in [6, 6.07) is 0. The Hall–Kier alpha value is -0.0800. The summed E-state index contributed by atoms with van der Waals surface area (Å²) in [6.07, 6.45) is 0.744. The molecule has 1 unspecified atom stereocenters. The quantitative estimate of drug-likeness (QED) is 0.775. The summed E-state index contributed by atoms with van der Waals surface area (Å²) < 4.78 is 0. The van der Waals surface area contributed by atoms with Gasteiger partial charge >= 0.3 is 0 Å². The highest BCUT2D eigenvalue weighted by molar-refractivity contribution is 4.84. The zero-order valence-electron chi connectivity index (χ0n) is 11.0. The van der Waals surface area contributed by atoms with Gasteiger partial charge in [0.05, 0.1) is 6.10 Å². The molecule has 0 aromatic heterocycles.